The van der Waals surface area contributed by atoms with Crippen molar-refractivity contribution < 1.29 is 32.6 Å². The molecule has 2 aromatic rings. The smallest absolute Gasteiger partial charge is 0.306 e. The Morgan fingerprint density at radius 2 is 1.79 bits per heavy atom. The van der Waals surface area contributed by atoms with Crippen LogP contribution < -0.4 is 14.4 Å². The highest BCUT2D eigenvalue weighted by Crippen LogP contribution is 2.49. The number of nitrogens with zero attached hydrogens (tertiary/aromatic N) is 4. The fourth-order valence-corrected chi connectivity index (χ4v) is 12.6. The molecule has 2 saturated heterocycles. The number of fused-ring (bicyclic) bond motifs is 5. The second-order valence-electron chi connectivity index (χ2n) is 18.4. The van der Waals surface area contributed by atoms with Crippen molar-refractivity contribution in [3.05, 3.63) is 58.1 Å². The summed E-state index contributed by atoms with van der Waals surface area (Å²) in [5.41, 5.74) is 2.29. The molecule has 4 heterocycles. The molecule has 58 heavy (non-hydrogen) atoms. The fraction of sp³-hybridized carbons (Fsp3) is 0.682. The number of methoxy groups -OCH3 is 1. The maximum Gasteiger partial charge on any atom is 0.306 e. The summed E-state index contributed by atoms with van der Waals surface area (Å²) in [6.45, 7) is 12.2. The Kier molecular flexibility index (Phi) is 12.1. The Hall–Kier alpha value is -2.94. The molecule has 2 aliphatic carbocycles. The summed E-state index contributed by atoms with van der Waals surface area (Å²) < 4.78 is 41.3. The van der Waals surface area contributed by atoms with Gasteiger partial charge in [0.15, 0.2) is 0 Å². The van der Waals surface area contributed by atoms with Crippen molar-refractivity contribution in [2.24, 2.45) is 17.8 Å². The van der Waals surface area contributed by atoms with Crippen LogP contribution >= 0.6 is 11.6 Å². The minimum Gasteiger partial charge on any atom is -0.490 e. The van der Waals surface area contributed by atoms with Gasteiger partial charge in [0.05, 0.1) is 36.7 Å². The Morgan fingerprint density at radius 3 is 2.57 bits per heavy atom. The summed E-state index contributed by atoms with van der Waals surface area (Å²) >= 11 is 6.51. The van der Waals surface area contributed by atoms with E-state index >= 15 is 0 Å². The Morgan fingerprint density at radius 1 is 1.00 bits per heavy atom. The van der Waals surface area contributed by atoms with Crippen molar-refractivity contribution in [3.8, 4) is 5.75 Å². The standard InChI is InChI=1S/C44H62ClN5O7S/c1-30-6-4-16-44(53,28-48-19-21-49-20-18-47(25-36(49)26-48)17-14-41(51)56-3)38-11-8-34(38)24-50-27-43(15-5-7-32-22-35(45)10-12-37(32)43)29-57-40-13-9-33(23-39(40)50)42(52)46-58(54,55)31(30)2/h9-10,12-13,22-23,30-31,34,36,38,53H,4-8,11,14-21,24-29H2,1-3H3,(H,46,52)/t30-,31+,34-,36+,38+,43-,44-/m0/s1. The average Bonchev–Trinajstić information content (AvgIpc) is 3.33. The molecule has 12 nitrogen and oxygen atoms in total. The van der Waals surface area contributed by atoms with E-state index in [1.54, 1.807) is 13.0 Å². The highest BCUT2D eigenvalue weighted by atomic mass is 35.5. The van der Waals surface area contributed by atoms with Crippen LogP contribution in [0.3, 0.4) is 0 Å². The first-order valence-electron chi connectivity index (χ1n) is 21.6. The van der Waals surface area contributed by atoms with Crippen LogP contribution in [0.15, 0.2) is 36.4 Å². The van der Waals surface area contributed by atoms with Crippen molar-refractivity contribution >= 4 is 39.2 Å². The molecule has 2 N–H and O–H groups in total. The molecule has 0 aromatic heterocycles. The van der Waals surface area contributed by atoms with E-state index in [1.165, 1.54) is 18.2 Å². The molecule has 14 heteroatoms. The van der Waals surface area contributed by atoms with Gasteiger partial charge in [0.1, 0.15) is 5.75 Å². The number of piperazine rings is 2. The highest BCUT2D eigenvalue weighted by Gasteiger charge is 2.50. The second kappa shape index (κ2) is 16.8. The third-order valence-corrected chi connectivity index (χ3v) is 17.0. The minimum absolute atomic E-state index is 0.0605. The van der Waals surface area contributed by atoms with Gasteiger partial charge >= 0.3 is 5.97 Å². The second-order valence-corrected chi connectivity index (χ2v) is 20.9. The lowest BCUT2D eigenvalue weighted by molar-refractivity contribution is -0.141. The Bertz CT molecular complexity index is 1970. The van der Waals surface area contributed by atoms with Gasteiger partial charge < -0.3 is 19.5 Å². The fourth-order valence-electron chi connectivity index (χ4n) is 11.1. The van der Waals surface area contributed by atoms with Crippen LogP contribution in [0.1, 0.15) is 86.7 Å². The van der Waals surface area contributed by atoms with Crippen LogP contribution in [0.4, 0.5) is 5.69 Å². The number of nitrogens with one attached hydrogen (secondary N) is 1. The molecule has 2 aromatic carbocycles. The number of sulfonamides is 1. The number of anilines is 1. The first kappa shape index (κ1) is 41.8. The molecule has 4 aliphatic heterocycles. The Labute approximate surface area is 349 Å². The molecule has 318 valence electrons. The summed E-state index contributed by atoms with van der Waals surface area (Å²) in [5, 5.41) is 13.0. The summed E-state index contributed by atoms with van der Waals surface area (Å²) in [4.78, 5) is 35.4. The first-order chi connectivity index (χ1) is 27.8. The van der Waals surface area contributed by atoms with E-state index in [0.717, 1.165) is 82.1 Å². The molecule has 6 aliphatic rings. The van der Waals surface area contributed by atoms with Crippen LogP contribution in [0.5, 0.6) is 5.75 Å². The number of carbonyl (C=O) groups is 2. The van der Waals surface area contributed by atoms with Gasteiger partial charge in [-0.1, -0.05) is 31.0 Å². The van der Waals surface area contributed by atoms with Gasteiger partial charge in [0, 0.05) is 87.5 Å². The normalized spacial score (nSPS) is 33.4. The zero-order chi connectivity index (χ0) is 40.8. The number of aryl methyl sites for hydroxylation is 1. The van der Waals surface area contributed by atoms with Crippen LogP contribution in [0, 0.1) is 17.8 Å². The molecule has 3 fully saturated rings. The van der Waals surface area contributed by atoms with Gasteiger partial charge in [-0.2, -0.15) is 0 Å². The van der Waals surface area contributed by atoms with Crippen molar-refractivity contribution in [1.82, 2.24) is 19.4 Å². The number of benzene rings is 2. The summed E-state index contributed by atoms with van der Waals surface area (Å²) in [7, 11) is -2.55. The van der Waals surface area contributed by atoms with E-state index < -0.39 is 26.8 Å². The molecule has 0 unspecified atom stereocenters. The van der Waals surface area contributed by atoms with Gasteiger partial charge in [-0.25, -0.2) is 13.1 Å². The molecule has 1 spiro atoms. The summed E-state index contributed by atoms with van der Waals surface area (Å²) in [6.07, 6.45) is 7.10. The largest absolute Gasteiger partial charge is 0.490 e. The monoisotopic (exact) mass is 839 g/mol. The molecule has 8 rings (SSSR count). The zero-order valence-electron chi connectivity index (χ0n) is 34.5. The number of rotatable bonds is 5. The van der Waals surface area contributed by atoms with Crippen LogP contribution in [-0.2, 0) is 31.4 Å². The number of amides is 1. The van der Waals surface area contributed by atoms with Crippen molar-refractivity contribution in [2.45, 2.75) is 93.9 Å². The predicted molar refractivity (Wildman–Crippen MR) is 225 cm³/mol. The lowest BCUT2D eigenvalue weighted by Gasteiger charge is -2.53. The highest BCUT2D eigenvalue weighted by molar-refractivity contribution is 7.90. The zero-order valence-corrected chi connectivity index (χ0v) is 36.0. The molecule has 7 atom stereocenters. The molecule has 1 amide bonds. The maximum atomic E-state index is 13.7. The van der Waals surface area contributed by atoms with Crippen LogP contribution in [0.25, 0.3) is 0 Å². The first-order valence-corrected chi connectivity index (χ1v) is 23.5. The number of hydrogen-bond donors (Lipinski definition) is 2. The number of β-amino-alcohol motifs (C(OH)–C–C–N with tert-alkyl or cyclic N) is 1. The predicted octanol–water partition coefficient (Wildman–Crippen LogP) is 4.70. The van der Waals surface area contributed by atoms with E-state index in [0.29, 0.717) is 70.3 Å². The molecule has 2 bridgehead atoms. The number of halogens is 1. The van der Waals surface area contributed by atoms with E-state index in [4.69, 9.17) is 21.1 Å². The van der Waals surface area contributed by atoms with Crippen LogP contribution in [0.2, 0.25) is 5.02 Å². The van der Waals surface area contributed by atoms with Gasteiger partial charge in [-0.15, -0.1) is 0 Å². The average molecular weight is 841 g/mol. The van der Waals surface area contributed by atoms with Crippen molar-refractivity contribution in [2.75, 3.05) is 84.1 Å². The Balaban J connectivity index is 1.10. The van der Waals surface area contributed by atoms with E-state index in [1.807, 2.05) is 25.1 Å². The number of ether oxygens (including phenoxy) is 2. The van der Waals surface area contributed by atoms with Gasteiger partial charge in [0.2, 0.25) is 10.0 Å². The number of esters is 1. The maximum absolute atomic E-state index is 13.7. The van der Waals surface area contributed by atoms with Crippen molar-refractivity contribution in [1.29, 1.82) is 0 Å². The van der Waals surface area contributed by atoms with E-state index in [9.17, 15) is 23.1 Å². The van der Waals surface area contributed by atoms with Crippen molar-refractivity contribution in [3.63, 3.8) is 0 Å². The number of carbonyl (C=O) groups excluding carboxylic acids is 2. The lowest BCUT2D eigenvalue weighted by Crippen LogP contribution is -2.64. The number of aliphatic hydroxyl groups is 1. The molecular formula is C44H62ClN5O7S. The number of hydrogen-bond acceptors (Lipinski definition) is 11. The summed E-state index contributed by atoms with van der Waals surface area (Å²) in [5.74, 6) is -0.0831. The van der Waals surface area contributed by atoms with E-state index in [-0.39, 0.29) is 34.7 Å². The van der Waals surface area contributed by atoms with Gasteiger partial charge in [-0.3, -0.25) is 24.3 Å². The van der Waals surface area contributed by atoms with E-state index in [2.05, 4.69) is 36.5 Å². The van der Waals surface area contributed by atoms with Gasteiger partial charge in [0.25, 0.3) is 5.91 Å². The van der Waals surface area contributed by atoms with Crippen LogP contribution in [-0.4, -0.2) is 136 Å². The topological polar surface area (TPSA) is 132 Å². The summed E-state index contributed by atoms with van der Waals surface area (Å²) in [6, 6.07) is 11.8. The van der Waals surface area contributed by atoms with Gasteiger partial charge in [-0.05, 0) is 111 Å². The minimum atomic E-state index is -3.98. The lowest BCUT2D eigenvalue weighted by atomic mass is 9.62. The molecular weight excluding hydrogens is 778 g/mol. The quantitative estimate of drug-likeness (QED) is 0.407. The molecule has 1 saturated carbocycles. The third-order valence-electron chi connectivity index (χ3n) is 14.9. The molecule has 0 radical (unpaired) electrons. The SMILES string of the molecule is COC(=O)CCN1CCN2CCN(C[C@@]3(O)CCC[C@H](C)[C@@H](C)S(=O)(=O)NC(=O)c4ccc5c(c4)N(C[C@@H]4CC[C@H]43)C[C@@]3(CCCc4cc(Cl)ccc43)CO5)C[C@H]2C1. The third kappa shape index (κ3) is 8.50.